The molecule has 0 saturated heterocycles. The van der Waals surface area contributed by atoms with Gasteiger partial charge in [-0.15, -0.1) is 11.3 Å². The lowest BCUT2D eigenvalue weighted by Gasteiger charge is -2.04. The van der Waals surface area contributed by atoms with Crippen LogP contribution in [0.2, 0.25) is 9.49 Å². The normalized spacial score (nSPS) is 10.9. The standard InChI is InChI=1S/C14H17Cl2N3OS/c1-3-4-7-19-13(16)12(9(2)18-19)14(20)17-8-10-5-6-11(15)21-10/h5-6H,3-4,7-8H2,1-2H3,(H,17,20). The van der Waals surface area contributed by atoms with Gasteiger partial charge < -0.3 is 5.32 Å². The monoisotopic (exact) mass is 345 g/mol. The molecule has 0 aliphatic heterocycles. The van der Waals surface area contributed by atoms with Crippen LogP contribution in [0.1, 0.15) is 40.7 Å². The number of amides is 1. The van der Waals surface area contributed by atoms with Crippen molar-refractivity contribution in [2.75, 3.05) is 0 Å². The van der Waals surface area contributed by atoms with Crippen molar-refractivity contribution in [3.05, 3.63) is 37.8 Å². The van der Waals surface area contributed by atoms with Crippen molar-refractivity contribution in [3.63, 3.8) is 0 Å². The van der Waals surface area contributed by atoms with Gasteiger partial charge in [-0.2, -0.15) is 5.10 Å². The van der Waals surface area contributed by atoms with Crippen molar-refractivity contribution in [2.45, 2.75) is 39.8 Å². The minimum atomic E-state index is -0.204. The van der Waals surface area contributed by atoms with E-state index in [4.69, 9.17) is 23.2 Å². The van der Waals surface area contributed by atoms with Crippen LogP contribution in [-0.4, -0.2) is 15.7 Å². The van der Waals surface area contributed by atoms with E-state index in [1.165, 1.54) is 11.3 Å². The SMILES string of the molecule is CCCCn1nc(C)c(C(=O)NCc2ccc(Cl)s2)c1Cl. The van der Waals surface area contributed by atoms with Crippen molar-refractivity contribution >= 4 is 40.4 Å². The molecule has 0 aromatic carbocycles. The number of nitrogens with zero attached hydrogens (tertiary/aromatic N) is 2. The Bertz CT molecular complexity index is 636. The molecule has 21 heavy (non-hydrogen) atoms. The van der Waals surface area contributed by atoms with E-state index in [-0.39, 0.29) is 5.91 Å². The number of hydrogen-bond acceptors (Lipinski definition) is 3. The van der Waals surface area contributed by atoms with E-state index < -0.39 is 0 Å². The molecule has 0 radical (unpaired) electrons. The topological polar surface area (TPSA) is 46.9 Å². The lowest BCUT2D eigenvalue weighted by Crippen LogP contribution is -2.23. The highest BCUT2D eigenvalue weighted by Crippen LogP contribution is 2.23. The number of carbonyl (C=O) groups excluding carboxylic acids is 1. The van der Waals surface area contributed by atoms with Crippen LogP contribution in [0, 0.1) is 6.92 Å². The average Bonchev–Trinajstić information content (AvgIpc) is 2.98. The number of unbranched alkanes of at least 4 members (excludes halogenated alkanes) is 1. The van der Waals surface area contributed by atoms with Crippen molar-refractivity contribution < 1.29 is 4.79 Å². The van der Waals surface area contributed by atoms with Crippen LogP contribution >= 0.6 is 34.5 Å². The molecule has 0 spiro atoms. The number of carbonyl (C=O) groups is 1. The van der Waals surface area contributed by atoms with Gasteiger partial charge in [0.2, 0.25) is 0 Å². The maximum atomic E-state index is 12.3. The van der Waals surface area contributed by atoms with Crippen LogP contribution in [0.15, 0.2) is 12.1 Å². The number of rotatable bonds is 6. The Kier molecular flexibility index (Phi) is 5.67. The third-order valence-electron chi connectivity index (χ3n) is 3.07. The minimum absolute atomic E-state index is 0.204. The molecule has 2 aromatic rings. The molecule has 0 fully saturated rings. The first-order valence-corrected chi connectivity index (χ1v) is 8.35. The summed E-state index contributed by atoms with van der Waals surface area (Å²) >= 11 is 13.6. The molecule has 0 atom stereocenters. The number of hydrogen-bond donors (Lipinski definition) is 1. The Hall–Kier alpha value is -1.04. The van der Waals surface area contributed by atoms with Crippen LogP contribution in [0.3, 0.4) is 0 Å². The summed E-state index contributed by atoms with van der Waals surface area (Å²) in [4.78, 5) is 13.3. The molecule has 114 valence electrons. The van der Waals surface area contributed by atoms with Crippen molar-refractivity contribution in [2.24, 2.45) is 0 Å². The second-order valence-electron chi connectivity index (χ2n) is 4.72. The second kappa shape index (κ2) is 7.29. The Morgan fingerprint density at radius 2 is 2.19 bits per heavy atom. The van der Waals surface area contributed by atoms with E-state index in [0.29, 0.717) is 27.3 Å². The Morgan fingerprint density at radius 3 is 2.81 bits per heavy atom. The highest BCUT2D eigenvalue weighted by Gasteiger charge is 2.19. The zero-order chi connectivity index (χ0) is 15.4. The maximum absolute atomic E-state index is 12.3. The van der Waals surface area contributed by atoms with Crippen molar-refractivity contribution in [3.8, 4) is 0 Å². The predicted octanol–water partition coefficient (Wildman–Crippen LogP) is 4.29. The zero-order valence-electron chi connectivity index (χ0n) is 11.9. The van der Waals surface area contributed by atoms with Gasteiger partial charge in [-0.25, -0.2) is 0 Å². The predicted molar refractivity (Wildman–Crippen MR) is 87.4 cm³/mol. The van der Waals surface area contributed by atoms with Crippen LogP contribution in [0.5, 0.6) is 0 Å². The van der Waals surface area contributed by atoms with Gasteiger partial charge in [-0.05, 0) is 25.5 Å². The molecule has 2 aromatic heterocycles. The van der Waals surface area contributed by atoms with Crippen LogP contribution in [0.4, 0.5) is 0 Å². The third kappa shape index (κ3) is 3.99. The lowest BCUT2D eigenvalue weighted by molar-refractivity contribution is 0.0951. The van der Waals surface area contributed by atoms with Gasteiger partial charge in [0.15, 0.2) is 0 Å². The van der Waals surface area contributed by atoms with E-state index in [1.54, 1.807) is 11.6 Å². The molecule has 2 rings (SSSR count). The summed E-state index contributed by atoms with van der Waals surface area (Å²) in [5.74, 6) is -0.204. The van der Waals surface area contributed by atoms with Crippen LogP contribution < -0.4 is 5.32 Å². The largest absolute Gasteiger partial charge is 0.347 e. The molecule has 1 amide bonds. The maximum Gasteiger partial charge on any atom is 0.256 e. The summed E-state index contributed by atoms with van der Waals surface area (Å²) in [5.41, 5.74) is 1.10. The lowest BCUT2D eigenvalue weighted by atomic mass is 10.2. The van der Waals surface area contributed by atoms with Gasteiger partial charge in [-0.3, -0.25) is 9.48 Å². The van der Waals surface area contributed by atoms with Gasteiger partial charge in [-0.1, -0.05) is 36.5 Å². The van der Waals surface area contributed by atoms with E-state index in [1.807, 2.05) is 12.1 Å². The fourth-order valence-corrected chi connectivity index (χ4v) is 3.34. The molecule has 7 heteroatoms. The summed E-state index contributed by atoms with van der Waals surface area (Å²) in [7, 11) is 0. The second-order valence-corrected chi connectivity index (χ2v) is 6.87. The average molecular weight is 346 g/mol. The first kappa shape index (κ1) is 16.3. The van der Waals surface area contributed by atoms with E-state index >= 15 is 0 Å². The molecule has 0 bridgehead atoms. The molecule has 1 N–H and O–H groups in total. The fourth-order valence-electron chi connectivity index (χ4n) is 1.97. The van der Waals surface area contributed by atoms with Crippen LogP contribution in [-0.2, 0) is 13.1 Å². The third-order valence-corrected chi connectivity index (χ3v) is 4.68. The molecular weight excluding hydrogens is 329 g/mol. The molecule has 2 heterocycles. The smallest absolute Gasteiger partial charge is 0.256 e. The Morgan fingerprint density at radius 1 is 1.43 bits per heavy atom. The summed E-state index contributed by atoms with van der Waals surface area (Å²) in [5, 5.41) is 7.59. The summed E-state index contributed by atoms with van der Waals surface area (Å²) in [6, 6.07) is 3.71. The zero-order valence-corrected chi connectivity index (χ0v) is 14.3. The van der Waals surface area contributed by atoms with E-state index in [2.05, 4.69) is 17.3 Å². The van der Waals surface area contributed by atoms with Crippen LogP contribution in [0.25, 0.3) is 0 Å². The van der Waals surface area contributed by atoms with E-state index in [0.717, 1.165) is 24.3 Å². The summed E-state index contributed by atoms with van der Waals surface area (Å²) in [6.07, 6.45) is 2.03. The highest BCUT2D eigenvalue weighted by atomic mass is 35.5. The molecule has 4 nitrogen and oxygen atoms in total. The quantitative estimate of drug-likeness (QED) is 0.848. The number of halogens is 2. The van der Waals surface area contributed by atoms with Gasteiger partial charge in [0.25, 0.3) is 5.91 Å². The summed E-state index contributed by atoms with van der Waals surface area (Å²) < 4.78 is 2.40. The fraction of sp³-hybridized carbons (Fsp3) is 0.429. The number of thiophene rings is 1. The van der Waals surface area contributed by atoms with Gasteiger partial charge in [0.1, 0.15) is 5.15 Å². The Balaban J connectivity index is 2.06. The van der Waals surface area contributed by atoms with Gasteiger partial charge >= 0.3 is 0 Å². The molecule has 0 aliphatic rings. The van der Waals surface area contributed by atoms with Gasteiger partial charge in [0, 0.05) is 11.4 Å². The van der Waals surface area contributed by atoms with Gasteiger partial charge in [0.05, 0.1) is 22.1 Å². The molecule has 0 aliphatic carbocycles. The number of aryl methyl sites for hydroxylation is 2. The molecule has 0 saturated carbocycles. The van der Waals surface area contributed by atoms with Crippen molar-refractivity contribution in [1.29, 1.82) is 0 Å². The number of aromatic nitrogens is 2. The molecule has 0 unspecified atom stereocenters. The first-order chi connectivity index (χ1) is 10.0. The van der Waals surface area contributed by atoms with Crippen molar-refractivity contribution in [1.82, 2.24) is 15.1 Å². The number of nitrogens with one attached hydrogen (secondary N) is 1. The molecular formula is C14H17Cl2N3OS. The Labute approximate surface area is 138 Å². The minimum Gasteiger partial charge on any atom is -0.347 e. The highest BCUT2D eigenvalue weighted by molar-refractivity contribution is 7.16. The van der Waals surface area contributed by atoms with E-state index in [9.17, 15) is 4.79 Å². The summed E-state index contributed by atoms with van der Waals surface area (Å²) in [6.45, 7) is 5.06. The first-order valence-electron chi connectivity index (χ1n) is 6.78.